The molecule has 48 heavy (non-hydrogen) atoms. The fourth-order valence-electron chi connectivity index (χ4n) is 6.63. The molecule has 0 amide bonds. The Labute approximate surface area is 283 Å². The predicted octanol–water partition coefficient (Wildman–Crippen LogP) is 12.0. The molecule has 0 N–H and O–H groups in total. The number of rotatable bonds is 5. The zero-order valence-electron chi connectivity index (χ0n) is 26.7. The molecule has 0 aliphatic rings. The molecule has 0 saturated heterocycles. The molecule has 0 saturated carbocycles. The Balaban J connectivity index is 1.08. The van der Waals surface area contributed by atoms with Gasteiger partial charge in [0.1, 0.15) is 4.83 Å². The second kappa shape index (κ2) is 11.4. The summed E-state index contributed by atoms with van der Waals surface area (Å²) in [7, 11) is 0. The van der Waals surface area contributed by atoms with Crippen molar-refractivity contribution in [3.05, 3.63) is 163 Å². The number of benzene rings is 6. The maximum Gasteiger partial charge on any atom is 0.160 e. The minimum atomic E-state index is 0.730. The van der Waals surface area contributed by atoms with Gasteiger partial charge in [-0.05, 0) is 54.8 Å². The van der Waals surface area contributed by atoms with Crippen LogP contribution in [0.5, 0.6) is 0 Å². The van der Waals surface area contributed by atoms with E-state index in [1.165, 1.54) is 59.3 Å². The molecule has 0 aliphatic heterocycles. The summed E-state index contributed by atoms with van der Waals surface area (Å²) in [6, 6.07) is 54.2. The third-order valence-electron chi connectivity index (χ3n) is 9.21. The fourth-order valence-corrected chi connectivity index (χ4v) is 7.86. The Hall–Kier alpha value is -5.84. The molecular formula is C44H31N3S. The van der Waals surface area contributed by atoms with Crippen molar-refractivity contribution in [1.29, 1.82) is 0 Å². The molecule has 228 valence electrons. The molecule has 0 fully saturated rings. The van der Waals surface area contributed by atoms with Gasteiger partial charge in [0.15, 0.2) is 5.82 Å². The monoisotopic (exact) mass is 633 g/mol. The lowest BCUT2D eigenvalue weighted by Crippen LogP contribution is -1.96. The number of aryl methyl sites for hydroxylation is 2. The zero-order valence-corrected chi connectivity index (χ0v) is 27.5. The van der Waals surface area contributed by atoms with Crippen LogP contribution >= 0.6 is 11.3 Å². The Kier molecular flexibility index (Phi) is 6.77. The van der Waals surface area contributed by atoms with Crippen LogP contribution in [0.4, 0.5) is 0 Å². The SMILES string of the molecule is Cc1ccc(-c2cc(-c3ccc(-c4ccc(-c5c6ccccc6n6c5sc5ccccc56)cc4)cc3)nc(-c3ccc(C)cc3)n2)cc1. The Morgan fingerprint density at radius 2 is 0.938 bits per heavy atom. The highest BCUT2D eigenvalue weighted by Gasteiger charge is 2.18. The highest BCUT2D eigenvalue weighted by atomic mass is 32.1. The fraction of sp³-hybridized carbons (Fsp3) is 0.0455. The lowest BCUT2D eigenvalue weighted by Gasteiger charge is -2.11. The van der Waals surface area contributed by atoms with Crippen LogP contribution in [0.3, 0.4) is 0 Å². The van der Waals surface area contributed by atoms with Gasteiger partial charge in [-0.1, -0.05) is 139 Å². The quantitative estimate of drug-likeness (QED) is 0.189. The maximum atomic E-state index is 5.04. The van der Waals surface area contributed by atoms with Crippen molar-refractivity contribution >= 4 is 37.3 Å². The molecule has 9 aromatic rings. The standard InChI is InChI=1S/C44H31N3S/c1-28-11-15-32(16-12-28)37-27-38(46-43(45-37)35-17-13-29(2)14-18-35)33-23-19-30(20-24-33)31-21-25-34(26-22-31)42-36-7-3-4-8-39(36)47-40-9-5-6-10-41(40)48-44(42)47/h3-27H,1-2H3. The molecule has 9 rings (SSSR count). The van der Waals surface area contributed by atoms with Gasteiger partial charge in [0.2, 0.25) is 0 Å². The van der Waals surface area contributed by atoms with Gasteiger partial charge >= 0.3 is 0 Å². The number of para-hydroxylation sites is 2. The van der Waals surface area contributed by atoms with Crippen molar-refractivity contribution in [3.8, 4) is 56.2 Å². The van der Waals surface area contributed by atoms with Crippen molar-refractivity contribution in [2.75, 3.05) is 0 Å². The van der Waals surface area contributed by atoms with Crippen molar-refractivity contribution < 1.29 is 0 Å². The molecule has 3 aromatic heterocycles. The molecule has 3 nitrogen and oxygen atoms in total. The molecule has 0 aliphatic carbocycles. The van der Waals surface area contributed by atoms with E-state index < -0.39 is 0 Å². The lowest BCUT2D eigenvalue weighted by atomic mass is 9.98. The van der Waals surface area contributed by atoms with Crippen molar-refractivity contribution in [3.63, 3.8) is 0 Å². The molecule has 3 heterocycles. The minimum Gasteiger partial charge on any atom is -0.299 e. The topological polar surface area (TPSA) is 30.2 Å². The second-order valence-corrected chi connectivity index (χ2v) is 13.5. The van der Waals surface area contributed by atoms with E-state index in [0.717, 1.165) is 33.9 Å². The zero-order chi connectivity index (χ0) is 32.2. The summed E-state index contributed by atoms with van der Waals surface area (Å²) in [5.41, 5.74) is 14.8. The van der Waals surface area contributed by atoms with Gasteiger partial charge in [-0.25, -0.2) is 9.97 Å². The summed E-state index contributed by atoms with van der Waals surface area (Å²) in [5.74, 6) is 0.730. The average Bonchev–Trinajstić information content (AvgIpc) is 3.67. The van der Waals surface area contributed by atoms with Gasteiger partial charge in [-0.15, -0.1) is 11.3 Å². The second-order valence-electron chi connectivity index (χ2n) is 12.5. The van der Waals surface area contributed by atoms with Crippen LogP contribution in [0.15, 0.2) is 152 Å². The normalized spacial score (nSPS) is 11.5. The Bertz CT molecular complexity index is 2530. The van der Waals surface area contributed by atoms with E-state index in [1.807, 2.05) is 11.3 Å². The van der Waals surface area contributed by atoms with Crippen LogP contribution in [-0.2, 0) is 0 Å². The number of thiazole rings is 1. The highest BCUT2D eigenvalue weighted by Crippen LogP contribution is 2.42. The molecule has 0 radical (unpaired) electrons. The number of hydrogen-bond donors (Lipinski definition) is 0. The van der Waals surface area contributed by atoms with E-state index in [-0.39, 0.29) is 0 Å². The van der Waals surface area contributed by atoms with Gasteiger partial charge in [0.25, 0.3) is 0 Å². The van der Waals surface area contributed by atoms with E-state index in [1.54, 1.807) is 0 Å². The molecule has 4 heteroatoms. The van der Waals surface area contributed by atoms with Crippen molar-refractivity contribution in [2.24, 2.45) is 0 Å². The molecule has 6 aromatic carbocycles. The van der Waals surface area contributed by atoms with Crippen molar-refractivity contribution in [2.45, 2.75) is 13.8 Å². The van der Waals surface area contributed by atoms with Crippen molar-refractivity contribution in [1.82, 2.24) is 14.4 Å². The summed E-state index contributed by atoms with van der Waals surface area (Å²) in [6.45, 7) is 4.20. The molecule has 0 bridgehead atoms. The van der Waals surface area contributed by atoms with Gasteiger partial charge in [0.05, 0.1) is 27.1 Å². The summed E-state index contributed by atoms with van der Waals surface area (Å²) < 4.78 is 3.72. The largest absolute Gasteiger partial charge is 0.299 e. The lowest BCUT2D eigenvalue weighted by molar-refractivity contribution is 1.18. The third kappa shape index (κ3) is 4.90. The number of nitrogens with zero attached hydrogens (tertiary/aromatic N) is 3. The van der Waals surface area contributed by atoms with Gasteiger partial charge in [-0.3, -0.25) is 4.40 Å². The number of hydrogen-bond acceptors (Lipinski definition) is 3. The van der Waals surface area contributed by atoms with Crippen LogP contribution in [0.2, 0.25) is 0 Å². The first-order valence-corrected chi connectivity index (χ1v) is 17.1. The van der Waals surface area contributed by atoms with Crippen LogP contribution in [-0.4, -0.2) is 14.4 Å². The number of fused-ring (bicyclic) bond motifs is 5. The first-order valence-electron chi connectivity index (χ1n) is 16.2. The van der Waals surface area contributed by atoms with Crippen LogP contribution in [0, 0.1) is 13.8 Å². The van der Waals surface area contributed by atoms with Gasteiger partial charge in [0, 0.05) is 27.6 Å². The number of aromatic nitrogens is 3. The summed E-state index contributed by atoms with van der Waals surface area (Å²) in [5, 5.41) is 1.28. The molecule has 0 unspecified atom stereocenters. The highest BCUT2D eigenvalue weighted by molar-refractivity contribution is 7.24. The van der Waals surface area contributed by atoms with E-state index >= 15 is 0 Å². The van der Waals surface area contributed by atoms with E-state index in [2.05, 4.69) is 170 Å². The first kappa shape index (κ1) is 28.4. The summed E-state index contributed by atoms with van der Waals surface area (Å²) >= 11 is 1.86. The van der Waals surface area contributed by atoms with Gasteiger partial charge < -0.3 is 0 Å². The smallest absolute Gasteiger partial charge is 0.160 e. The van der Waals surface area contributed by atoms with Crippen LogP contribution < -0.4 is 0 Å². The van der Waals surface area contributed by atoms with E-state index in [4.69, 9.17) is 9.97 Å². The van der Waals surface area contributed by atoms with E-state index in [0.29, 0.717) is 0 Å². The predicted molar refractivity (Wildman–Crippen MR) is 203 cm³/mol. The minimum absolute atomic E-state index is 0.730. The molecular weight excluding hydrogens is 603 g/mol. The van der Waals surface area contributed by atoms with E-state index in [9.17, 15) is 0 Å². The van der Waals surface area contributed by atoms with Crippen LogP contribution in [0.25, 0.3) is 82.1 Å². The maximum absolute atomic E-state index is 5.04. The summed E-state index contributed by atoms with van der Waals surface area (Å²) in [4.78, 5) is 11.3. The Morgan fingerprint density at radius 1 is 0.458 bits per heavy atom. The summed E-state index contributed by atoms with van der Waals surface area (Å²) in [6.07, 6.45) is 0. The Morgan fingerprint density at radius 3 is 1.56 bits per heavy atom. The third-order valence-corrected chi connectivity index (χ3v) is 10.4. The van der Waals surface area contributed by atoms with Crippen LogP contribution in [0.1, 0.15) is 11.1 Å². The first-order chi connectivity index (χ1) is 23.6. The van der Waals surface area contributed by atoms with Gasteiger partial charge in [-0.2, -0.15) is 0 Å². The molecule has 0 atom stereocenters. The molecule has 0 spiro atoms. The average molecular weight is 634 g/mol.